The topological polar surface area (TPSA) is 126 Å². The smallest absolute Gasteiger partial charge is 0.341 e. The standard InChI is InChI=1S/C20H15ClN2O6/c1-28-20(27)13-3-5-15(6-4-13)23-19(26)14(10-22)8-12-2-7-17(16(21)9-12)29-11-18(24)25/h2-9H,11H2,1H3,(H,23,26)(H,24,25)/b14-8+. The normalized spacial score (nSPS) is 10.6. The maximum Gasteiger partial charge on any atom is 0.341 e. The van der Waals surface area contributed by atoms with Gasteiger partial charge in [-0.05, 0) is 48.0 Å². The molecular formula is C20H15ClN2O6. The number of carbonyl (C=O) groups excluding carboxylic acids is 2. The van der Waals surface area contributed by atoms with Crippen molar-refractivity contribution in [3.05, 3.63) is 64.2 Å². The number of nitriles is 1. The monoisotopic (exact) mass is 414 g/mol. The molecule has 0 bridgehead atoms. The van der Waals surface area contributed by atoms with Crippen molar-refractivity contribution in [1.82, 2.24) is 0 Å². The van der Waals surface area contributed by atoms with Gasteiger partial charge in [-0.3, -0.25) is 4.79 Å². The van der Waals surface area contributed by atoms with Crippen LogP contribution in [-0.2, 0) is 14.3 Å². The van der Waals surface area contributed by atoms with Crippen LogP contribution in [0.2, 0.25) is 5.02 Å². The van der Waals surface area contributed by atoms with Crippen LogP contribution in [0.25, 0.3) is 6.08 Å². The molecular weight excluding hydrogens is 400 g/mol. The highest BCUT2D eigenvalue weighted by molar-refractivity contribution is 6.32. The first-order valence-corrected chi connectivity index (χ1v) is 8.47. The van der Waals surface area contributed by atoms with Gasteiger partial charge >= 0.3 is 11.9 Å². The highest BCUT2D eigenvalue weighted by Crippen LogP contribution is 2.26. The summed E-state index contributed by atoms with van der Waals surface area (Å²) in [6, 6.07) is 12.2. The lowest BCUT2D eigenvalue weighted by atomic mass is 10.1. The summed E-state index contributed by atoms with van der Waals surface area (Å²) in [5.41, 5.74) is 0.975. The van der Waals surface area contributed by atoms with Gasteiger partial charge < -0.3 is 19.9 Å². The number of nitrogens with one attached hydrogen (secondary N) is 1. The van der Waals surface area contributed by atoms with E-state index in [1.807, 2.05) is 0 Å². The van der Waals surface area contributed by atoms with Crippen LogP contribution < -0.4 is 10.1 Å². The number of carboxylic acid groups (broad SMARTS) is 1. The SMILES string of the molecule is COC(=O)c1ccc(NC(=O)/C(C#N)=C/c2ccc(OCC(=O)O)c(Cl)c2)cc1. The number of anilines is 1. The van der Waals surface area contributed by atoms with Crippen molar-refractivity contribution in [2.24, 2.45) is 0 Å². The van der Waals surface area contributed by atoms with Crippen molar-refractivity contribution in [3.8, 4) is 11.8 Å². The van der Waals surface area contributed by atoms with Gasteiger partial charge in [0.1, 0.15) is 17.4 Å². The Morgan fingerprint density at radius 2 is 1.90 bits per heavy atom. The summed E-state index contributed by atoms with van der Waals surface area (Å²) in [5.74, 6) is -2.14. The number of hydrogen-bond acceptors (Lipinski definition) is 6. The molecule has 0 heterocycles. The maximum atomic E-state index is 12.3. The van der Waals surface area contributed by atoms with Gasteiger partial charge in [0.2, 0.25) is 0 Å². The van der Waals surface area contributed by atoms with Crippen LogP contribution in [0, 0.1) is 11.3 Å². The second-order valence-corrected chi connectivity index (χ2v) is 5.97. The lowest BCUT2D eigenvalue weighted by molar-refractivity contribution is -0.139. The number of rotatable bonds is 7. The summed E-state index contributed by atoms with van der Waals surface area (Å²) < 4.78 is 9.61. The van der Waals surface area contributed by atoms with Crippen molar-refractivity contribution in [1.29, 1.82) is 5.26 Å². The molecule has 29 heavy (non-hydrogen) atoms. The van der Waals surface area contributed by atoms with Gasteiger partial charge in [-0.15, -0.1) is 0 Å². The molecule has 0 unspecified atom stereocenters. The number of hydrogen-bond donors (Lipinski definition) is 2. The molecule has 0 aliphatic heterocycles. The average molecular weight is 415 g/mol. The van der Waals surface area contributed by atoms with Gasteiger partial charge in [0.15, 0.2) is 6.61 Å². The van der Waals surface area contributed by atoms with Gasteiger partial charge in [-0.25, -0.2) is 9.59 Å². The van der Waals surface area contributed by atoms with E-state index >= 15 is 0 Å². The van der Waals surface area contributed by atoms with E-state index in [2.05, 4.69) is 10.1 Å². The number of ether oxygens (including phenoxy) is 2. The second-order valence-electron chi connectivity index (χ2n) is 5.57. The molecule has 0 spiro atoms. The predicted octanol–water partition coefficient (Wildman–Crippen LogP) is 3.14. The maximum absolute atomic E-state index is 12.3. The Morgan fingerprint density at radius 3 is 2.45 bits per heavy atom. The van der Waals surface area contributed by atoms with E-state index in [0.717, 1.165) is 0 Å². The Kier molecular flexibility index (Phi) is 7.34. The van der Waals surface area contributed by atoms with Crippen molar-refractivity contribution in [2.45, 2.75) is 0 Å². The Morgan fingerprint density at radius 1 is 1.21 bits per heavy atom. The number of halogens is 1. The molecule has 148 valence electrons. The van der Waals surface area contributed by atoms with Crippen molar-refractivity contribution in [3.63, 3.8) is 0 Å². The number of nitrogens with zero attached hydrogens (tertiary/aromatic N) is 1. The van der Waals surface area contributed by atoms with Crippen LogP contribution >= 0.6 is 11.6 Å². The summed E-state index contributed by atoms with van der Waals surface area (Å²) in [5, 5.41) is 20.6. The largest absolute Gasteiger partial charge is 0.480 e. The van der Waals surface area contributed by atoms with Gasteiger partial charge in [-0.2, -0.15) is 5.26 Å². The van der Waals surface area contributed by atoms with E-state index < -0.39 is 24.5 Å². The third-order valence-electron chi connectivity index (χ3n) is 3.55. The van der Waals surface area contributed by atoms with Crippen LogP contribution in [0.3, 0.4) is 0 Å². The lowest BCUT2D eigenvalue weighted by Gasteiger charge is -2.07. The zero-order valence-corrected chi connectivity index (χ0v) is 15.9. The first-order chi connectivity index (χ1) is 13.8. The Hall–Kier alpha value is -3.83. The highest BCUT2D eigenvalue weighted by atomic mass is 35.5. The second kappa shape index (κ2) is 9.92. The Balaban J connectivity index is 2.13. The molecule has 0 aromatic heterocycles. The van der Waals surface area contributed by atoms with Crippen molar-refractivity contribution in [2.75, 3.05) is 19.0 Å². The first-order valence-electron chi connectivity index (χ1n) is 8.09. The van der Waals surface area contributed by atoms with Crippen LogP contribution in [0.1, 0.15) is 15.9 Å². The predicted molar refractivity (Wildman–Crippen MR) is 105 cm³/mol. The molecule has 1 amide bonds. The Bertz CT molecular complexity index is 1010. The summed E-state index contributed by atoms with van der Waals surface area (Å²) >= 11 is 6.03. The molecule has 2 aromatic carbocycles. The number of carbonyl (C=O) groups is 3. The van der Waals surface area contributed by atoms with Crippen molar-refractivity contribution < 1.29 is 29.0 Å². The highest BCUT2D eigenvalue weighted by Gasteiger charge is 2.12. The third kappa shape index (κ3) is 6.09. The number of amides is 1. The molecule has 0 fully saturated rings. The van der Waals surface area contributed by atoms with E-state index in [1.54, 1.807) is 6.07 Å². The van der Waals surface area contributed by atoms with Gasteiger partial charge in [-0.1, -0.05) is 17.7 Å². The zero-order valence-electron chi connectivity index (χ0n) is 15.1. The Labute approximate surface area is 170 Å². The van der Waals surface area contributed by atoms with Gasteiger partial charge in [0.05, 0.1) is 17.7 Å². The van der Waals surface area contributed by atoms with E-state index in [4.69, 9.17) is 21.4 Å². The minimum absolute atomic E-state index is 0.135. The minimum Gasteiger partial charge on any atom is -0.480 e. The molecule has 2 N–H and O–H groups in total. The summed E-state index contributed by atoms with van der Waals surface area (Å²) in [6.45, 7) is -0.546. The number of methoxy groups -OCH3 is 1. The molecule has 8 nitrogen and oxygen atoms in total. The molecule has 0 radical (unpaired) electrons. The van der Waals surface area contributed by atoms with E-state index in [-0.39, 0.29) is 16.3 Å². The van der Waals surface area contributed by atoms with Crippen LogP contribution in [-0.4, -0.2) is 36.7 Å². The number of esters is 1. The van der Waals surface area contributed by atoms with Crippen LogP contribution in [0.15, 0.2) is 48.0 Å². The van der Waals surface area contributed by atoms with Gasteiger partial charge in [0.25, 0.3) is 5.91 Å². The molecule has 0 saturated carbocycles. The van der Waals surface area contributed by atoms with Crippen LogP contribution in [0.5, 0.6) is 5.75 Å². The summed E-state index contributed by atoms with van der Waals surface area (Å²) in [4.78, 5) is 34.3. The fourth-order valence-electron chi connectivity index (χ4n) is 2.18. The quantitative estimate of drug-likeness (QED) is 0.405. The van der Waals surface area contributed by atoms with E-state index in [1.165, 1.54) is 55.7 Å². The van der Waals surface area contributed by atoms with E-state index in [0.29, 0.717) is 16.8 Å². The zero-order chi connectivity index (χ0) is 21.4. The minimum atomic E-state index is -1.15. The lowest BCUT2D eigenvalue weighted by Crippen LogP contribution is -2.13. The molecule has 0 aliphatic rings. The summed E-state index contributed by atoms with van der Waals surface area (Å²) in [7, 11) is 1.26. The molecule has 2 rings (SSSR count). The number of aliphatic carboxylic acids is 1. The van der Waals surface area contributed by atoms with Crippen molar-refractivity contribution >= 4 is 41.2 Å². The summed E-state index contributed by atoms with van der Waals surface area (Å²) in [6.07, 6.45) is 1.32. The molecule has 9 heteroatoms. The number of benzene rings is 2. The molecule has 0 atom stereocenters. The van der Waals surface area contributed by atoms with E-state index in [9.17, 15) is 19.6 Å². The number of carboxylic acids is 1. The molecule has 2 aromatic rings. The third-order valence-corrected chi connectivity index (χ3v) is 3.84. The molecule has 0 saturated heterocycles. The van der Waals surface area contributed by atoms with Crippen LogP contribution in [0.4, 0.5) is 5.69 Å². The average Bonchev–Trinajstić information content (AvgIpc) is 2.71. The first kappa shape index (κ1) is 21.5. The fraction of sp³-hybridized carbons (Fsp3) is 0.100. The fourth-order valence-corrected chi connectivity index (χ4v) is 2.43. The molecule has 0 aliphatic carbocycles. The van der Waals surface area contributed by atoms with Gasteiger partial charge in [0, 0.05) is 5.69 Å².